The van der Waals surface area contributed by atoms with Gasteiger partial charge in [-0.05, 0) is 18.2 Å². The zero-order chi connectivity index (χ0) is 15.3. The van der Waals surface area contributed by atoms with Crippen LogP contribution in [0.15, 0.2) is 41.7 Å². The number of anilines is 1. The monoisotopic (exact) mass is 306 g/mol. The second kappa shape index (κ2) is 6.30. The Morgan fingerprint density at radius 1 is 1.29 bits per heavy atom. The van der Waals surface area contributed by atoms with Gasteiger partial charge in [0.05, 0.1) is 12.7 Å². The summed E-state index contributed by atoms with van der Waals surface area (Å²) in [4.78, 5) is 7.38. The molecule has 0 atom stereocenters. The zero-order valence-electron chi connectivity index (χ0n) is 10.7. The number of pyridine rings is 2. The molecule has 0 aromatic carbocycles. The minimum absolute atomic E-state index is 0.00912. The molecule has 2 heterocycles. The van der Waals surface area contributed by atoms with Crippen LogP contribution in [0.3, 0.4) is 0 Å². The fraction of sp³-hybridized carbons (Fsp3) is 0.0769. The average molecular weight is 306 g/mol. The van der Waals surface area contributed by atoms with E-state index in [-0.39, 0.29) is 17.3 Å². The molecule has 0 saturated heterocycles. The Bertz CT molecular complexity index is 795. The Balaban J connectivity index is 2.29. The minimum atomic E-state index is -3.87. The summed E-state index contributed by atoms with van der Waals surface area (Å²) in [7, 11) is -3.87. The van der Waals surface area contributed by atoms with Crippen LogP contribution < -0.4 is 10.5 Å². The first-order valence-electron chi connectivity index (χ1n) is 5.79. The normalized spacial score (nSPS) is 10.6. The number of halogens is 1. The summed E-state index contributed by atoms with van der Waals surface area (Å²) < 4.78 is 39.3. The summed E-state index contributed by atoms with van der Waals surface area (Å²) in [6.45, 7) is 0.161. The maximum absolute atomic E-state index is 12.7. The smallest absolute Gasteiger partial charge is 0.264 e. The van der Waals surface area contributed by atoms with Gasteiger partial charge in [-0.15, -0.1) is 0 Å². The molecule has 0 saturated carbocycles. The Morgan fingerprint density at radius 3 is 2.76 bits per heavy atom. The highest BCUT2D eigenvalue weighted by Crippen LogP contribution is 2.14. The van der Waals surface area contributed by atoms with E-state index in [0.29, 0.717) is 5.56 Å². The van der Waals surface area contributed by atoms with E-state index in [0.717, 1.165) is 12.3 Å². The molecule has 0 unspecified atom stereocenters. The first-order valence-corrected chi connectivity index (χ1v) is 7.28. The molecule has 0 aliphatic heterocycles. The lowest BCUT2D eigenvalue weighted by Crippen LogP contribution is -2.14. The highest BCUT2D eigenvalue weighted by atomic mass is 32.2. The minimum Gasteiger partial charge on any atom is -0.320 e. The van der Waals surface area contributed by atoms with E-state index in [2.05, 4.69) is 26.5 Å². The molecular weight excluding hydrogens is 295 g/mol. The van der Waals surface area contributed by atoms with Crippen LogP contribution in [0, 0.1) is 17.7 Å². The number of nitrogens with zero attached hydrogens (tertiary/aromatic N) is 2. The van der Waals surface area contributed by atoms with Crippen LogP contribution in [0.2, 0.25) is 0 Å². The highest BCUT2D eigenvalue weighted by molar-refractivity contribution is 7.92. The van der Waals surface area contributed by atoms with E-state index in [1.807, 2.05) is 0 Å². The third kappa shape index (κ3) is 3.98. The fourth-order valence-corrected chi connectivity index (χ4v) is 2.42. The van der Waals surface area contributed by atoms with Crippen molar-refractivity contribution in [3.05, 3.63) is 48.2 Å². The molecule has 2 aromatic heterocycles. The van der Waals surface area contributed by atoms with Crippen molar-refractivity contribution in [1.82, 2.24) is 9.97 Å². The molecule has 2 aromatic rings. The summed E-state index contributed by atoms with van der Waals surface area (Å²) in [5.41, 5.74) is 5.68. The average Bonchev–Trinajstić information content (AvgIpc) is 2.48. The standard InChI is InChI=1S/C13H11FN4O2S/c14-11-3-4-13(17-8-11)18-21(19,20)12-6-10(2-1-5-15)7-16-9-12/h3-4,6-9H,5,15H2,(H,17,18). The van der Waals surface area contributed by atoms with Gasteiger partial charge in [0.25, 0.3) is 10.0 Å². The number of hydrogen-bond donors (Lipinski definition) is 2. The molecule has 0 spiro atoms. The van der Waals surface area contributed by atoms with Gasteiger partial charge >= 0.3 is 0 Å². The third-order valence-electron chi connectivity index (χ3n) is 2.32. The quantitative estimate of drug-likeness (QED) is 0.815. The molecular formula is C13H11FN4O2S. The van der Waals surface area contributed by atoms with Crippen LogP contribution in [0.25, 0.3) is 0 Å². The van der Waals surface area contributed by atoms with Crippen molar-refractivity contribution < 1.29 is 12.8 Å². The van der Waals surface area contributed by atoms with Crippen molar-refractivity contribution in [2.45, 2.75) is 4.90 Å². The number of nitrogens with two attached hydrogens (primary N) is 1. The maximum atomic E-state index is 12.7. The zero-order valence-corrected chi connectivity index (χ0v) is 11.6. The highest BCUT2D eigenvalue weighted by Gasteiger charge is 2.15. The van der Waals surface area contributed by atoms with E-state index in [1.165, 1.54) is 24.5 Å². The van der Waals surface area contributed by atoms with Gasteiger partial charge in [-0.1, -0.05) is 11.8 Å². The Morgan fingerprint density at radius 2 is 2.10 bits per heavy atom. The van der Waals surface area contributed by atoms with Crippen molar-refractivity contribution in [3.8, 4) is 11.8 Å². The molecule has 0 fully saturated rings. The van der Waals surface area contributed by atoms with Gasteiger partial charge in [0.1, 0.15) is 16.5 Å². The number of aromatic nitrogens is 2. The molecule has 0 bridgehead atoms. The van der Waals surface area contributed by atoms with Crippen molar-refractivity contribution in [1.29, 1.82) is 0 Å². The number of rotatable bonds is 3. The molecule has 8 heteroatoms. The van der Waals surface area contributed by atoms with Gasteiger partial charge in [-0.25, -0.2) is 17.8 Å². The predicted octanol–water partition coefficient (Wildman–Crippen LogP) is 0.727. The third-order valence-corrected chi connectivity index (χ3v) is 3.65. The largest absolute Gasteiger partial charge is 0.320 e. The van der Waals surface area contributed by atoms with Crippen molar-refractivity contribution in [3.63, 3.8) is 0 Å². The Hall–Kier alpha value is -2.50. The summed E-state index contributed by atoms with van der Waals surface area (Å²) in [6.07, 6.45) is 3.52. The molecule has 3 N–H and O–H groups in total. The first-order chi connectivity index (χ1) is 10.0. The van der Waals surface area contributed by atoms with Crippen molar-refractivity contribution in [2.75, 3.05) is 11.3 Å². The molecule has 0 radical (unpaired) electrons. The van der Waals surface area contributed by atoms with Crippen LogP contribution in [0.1, 0.15) is 5.56 Å². The Kier molecular flexibility index (Phi) is 4.47. The van der Waals surface area contributed by atoms with Crippen LogP contribution in [0.5, 0.6) is 0 Å². The second-order valence-electron chi connectivity index (χ2n) is 3.88. The van der Waals surface area contributed by atoms with E-state index in [1.54, 1.807) is 0 Å². The lowest BCUT2D eigenvalue weighted by atomic mass is 10.3. The van der Waals surface area contributed by atoms with E-state index in [9.17, 15) is 12.8 Å². The SMILES string of the molecule is NCC#Cc1cncc(S(=O)(=O)Nc2ccc(F)cn2)c1. The van der Waals surface area contributed by atoms with Crippen LogP contribution in [-0.4, -0.2) is 24.9 Å². The van der Waals surface area contributed by atoms with Gasteiger partial charge in [0.15, 0.2) is 0 Å². The number of sulfonamides is 1. The van der Waals surface area contributed by atoms with Gasteiger partial charge in [-0.3, -0.25) is 9.71 Å². The number of nitrogens with one attached hydrogen (secondary N) is 1. The van der Waals surface area contributed by atoms with Crippen LogP contribution in [0.4, 0.5) is 10.2 Å². The topological polar surface area (TPSA) is 98.0 Å². The molecule has 108 valence electrons. The molecule has 0 aliphatic carbocycles. The summed E-state index contributed by atoms with van der Waals surface area (Å²) in [5, 5.41) is 0. The van der Waals surface area contributed by atoms with Gasteiger partial charge in [0.2, 0.25) is 0 Å². The second-order valence-corrected chi connectivity index (χ2v) is 5.56. The van der Waals surface area contributed by atoms with E-state index >= 15 is 0 Å². The predicted molar refractivity (Wildman–Crippen MR) is 75.2 cm³/mol. The molecule has 2 rings (SSSR count). The lowest BCUT2D eigenvalue weighted by Gasteiger charge is -2.07. The van der Waals surface area contributed by atoms with Gasteiger partial charge in [-0.2, -0.15) is 0 Å². The van der Waals surface area contributed by atoms with Gasteiger partial charge < -0.3 is 5.73 Å². The van der Waals surface area contributed by atoms with Crippen LogP contribution >= 0.6 is 0 Å². The molecule has 21 heavy (non-hydrogen) atoms. The van der Waals surface area contributed by atoms with Crippen molar-refractivity contribution >= 4 is 15.8 Å². The molecule has 0 aliphatic rings. The Labute approximate surface area is 121 Å². The number of hydrogen-bond acceptors (Lipinski definition) is 5. The van der Waals surface area contributed by atoms with Crippen molar-refractivity contribution in [2.24, 2.45) is 5.73 Å². The summed E-state index contributed by atoms with van der Waals surface area (Å²) in [6, 6.07) is 3.69. The van der Waals surface area contributed by atoms with E-state index < -0.39 is 15.8 Å². The maximum Gasteiger partial charge on any atom is 0.264 e. The van der Waals surface area contributed by atoms with E-state index in [4.69, 9.17) is 5.73 Å². The molecule has 0 amide bonds. The fourth-order valence-electron chi connectivity index (χ4n) is 1.42. The lowest BCUT2D eigenvalue weighted by molar-refractivity contribution is 0.600. The first kappa shape index (κ1) is 14.9. The van der Waals surface area contributed by atoms with Crippen LogP contribution in [-0.2, 0) is 10.0 Å². The summed E-state index contributed by atoms with van der Waals surface area (Å²) in [5.74, 6) is 4.75. The summed E-state index contributed by atoms with van der Waals surface area (Å²) >= 11 is 0. The van der Waals surface area contributed by atoms with Gasteiger partial charge in [0, 0.05) is 18.0 Å². The molecule has 6 nitrogen and oxygen atoms in total.